The first-order valence-electron chi connectivity index (χ1n) is 8.62. The molecule has 2 aromatic rings. The molecule has 0 spiro atoms. The zero-order chi connectivity index (χ0) is 18.4. The summed E-state index contributed by atoms with van der Waals surface area (Å²) in [5.74, 6) is 0.186. The van der Waals surface area contributed by atoms with Gasteiger partial charge in [-0.2, -0.15) is 0 Å². The van der Waals surface area contributed by atoms with Crippen LogP contribution in [0, 0.1) is 5.82 Å². The Morgan fingerprint density at radius 1 is 1.27 bits per heavy atom. The SMILES string of the molecule is NC(=O)c1ccnc(N(CCOc2ccc(F)cc2)C2CCNCC2)n1. The van der Waals surface area contributed by atoms with Crippen LogP contribution in [0.1, 0.15) is 23.3 Å². The Labute approximate surface area is 151 Å². The molecular formula is C18H22FN5O2. The van der Waals surface area contributed by atoms with Gasteiger partial charge in [0.1, 0.15) is 23.9 Å². The molecule has 1 aliphatic heterocycles. The van der Waals surface area contributed by atoms with Gasteiger partial charge in [-0.05, 0) is 56.3 Å². The van der Waals surface area contributed by atoms with Gasteiger partial charge in [-0.1, -0.05) is 0 Å². The normalized spacial score (nSPS) is 14.8. The third kappa shape index (κ3) is 4.66. The third-order valence-corrected chi connectivity index (χ3v) is 4.32. The highest BCUT2D eigenvalue weighted by atomic mass is 19.1. The molecule has 0 saturated carbocycles. The molecule has 2 heterocycles. The summed E-state index contributed by atoms with van der Waals surface area (Å²) in [7, 11) is 0. The number of nitrogens with zero attached hydrogens (tertiary/aromatic N) is 3. The Bertz CT molecular complexity index is 735. The number of halogens is 1. The van der Waals surface area contributed by atoms with Crippen LogP contribution in [-0.4, -0.2) is 48.2 Å². The molecule has 1 aromatic carbocycles. The maximum atomic E-state index is 13.0. The van der Waals surface area contributed by atoms with E-state index in [9.17, 15) is 9.18 Å². The number of primary amides is 1. The number of anilines is 1. The van der Waals surface area contributed by atoms with E-state index in [-0.39, 0.29) is 17.6 Å². The van der Waals surface area contributed by atoms with E-state index < -0.39 is 5.91 Å². The number of hydrogen-bond acceptors (Lipinski definition) is 6. The van der Waals surface area contributed by atoms with E-state index in [1.54, 1.807) is 12.1 Å². The van der Waals surface area contributed by atoms with Crippen molar-refractivity contribution >= 4 is 11.9 Å². The molecule has 0 radical (unpaired) electrons. The largest absolute Gasteiger partial charge is 0.492 e. The fourth-order valence-electron chi connectivity index (χ4n) is 2.98. The number of ether oxygens (including phenoxy) is 1. The first-order chi connectivity index (χ1) is 12.6. The minimum Gasteiger partial charge on any atom is -0.492 e. The van der Waals surface area contributed by atoms with E-state index >= 15 is 0 Å². The molecule has 1 aromatic heterocycles. The Hall–Kier alpha value is -2.74. The van der Waals surface area contributed by atoms with Crippen LogP contribution in [0.15, 0.2) is 36.5 Å². The van der Waals surface area contributed by atoms with E-state index in [1.807, 2.05) is 0 Å². The fourth-order valence-corrected chi connectivity index (χ4v) is 2.98. The molecule has 1 amide bonds. The van der Waals surface area contributed by atoms with Gasteiger partial charge in [0.05, 0.1) is 6.54 Å². The number of carbonyl (C=O) groups is 1. The summed E-state index contributed by atoms with van der Waals surface area (Å²) in [6.45, 7) is 2.76. The lowest BCUT2D eigenvalue weighted by molar-refractivity contribution is 0.0995. The number of carbonyl (C=O) groups excluding carboxylic acids is 1. The molecule has 8 heteroatoms. The van der Waals surface area contributed by atoms with Gasteiger partial charge >= 0.3 is 0 Å². The van der Waals surface area contributed by atoms with Crippen molar-refractivity contribution in [1.29, 1.82) is 0 Å². The van der Waals surface area contributed by atoms with Crippen molar-refractivity contribution in [2.24, 2.45) is 5.73 Å². The number of rotatable bonds is 7. The summed E-state index contributed by atoms with van der Waals surface area (Å²) >= 11 is 0. The molecule has 138 valence electrons. The van der Waals surface area contributed by atoms with Gasteiger partial charge in [-0.25, -0.2) is 14.4 Å². The van der Waals surface area contributed by atoms with Crippen LogP contribution in [0.5, 0.6) is 5.75 Å². The Kier molecular flexibility index (Phi) is 5.96. The van der Waals surface area contributed by atoms with Gasteiger partial charge in [0.2, 0.25) is 5.95 Å². The average Bonchev–Trinajstić information content (AvgIpc) is 2.67. The van der Waals surface area contributed by atoms with Gasteiger partial charge in [0.15, 0.2) is 0 Å². The maximum absolute atomic E-state index is 13.0. The second-order valence-electron chi connectivity index (χ2n) is 6.08. The van der Waals surface area contributed by atoms with Crippen molar-refractivity contribution in [3.63, 3.8) is 0 Å². The summed E-state index contributed by atoms with van der Waals surface area (Å²) in [5, 5.41) is 3.33. The molecule has 3 N–H and O–H groups in total. The van der Waals surface area contributed by atoms with E-state index in [0.29, 0.717) is 24.8 Å². The molecule has 26 heavy (non-hydrogen) atoms. The highest BCUT2D eigenvalue weighted by Crippen LogP contribution is 2.19. The Morgan fingerprint density at radius 3 is 2.69 bits per heavy atom. The van der Waals surface area contributed by atoms with Crippen molar-refractivity contribution < 1.29 is 13.9 Å². The maximum Gasteiger partial charge on any atom is 0.267 e. The topological polar surface area (TPSA) is 93.4 Å². The van der Waals surface area contributed by atoms with Crippen LogP contribution in [0.3, 0.4) is 0 Å². The Balaban J connectivity index is 1.71. The summed E-state index contributed by atoms with van der Waals surface area (Å²) in [6, 6.07) is 7.65. The smallest absolute Gasteiger partial charge is 0.267 e. The standard InChI is InChI=1S/C18H22FN5O2/c19-13-1-3-15(4-2-13)26-12-11-24(14-5-8-21-9-6-14)18-22-10-7-16(23-18)17(20)25/h1-4,7,10,14,21H,5-6,8-9,11-12H2,(H2,20,25). The molecular weight excluding hydrogens is 337 g/mol. The minimum absolute atomic E-state index is 0.188. The van der Waals surface area contributed by atoms with Crippen LogP contribution >= 0.6 is 0 Å². The molecule has 0 aliphatic carbocycles. The van der Waals surface area contributed by atoms with E-state index in [2.05, 4.69) is 20.2 Å². The van der Waals surface area contributed by atoms with Gasteiger partial charge in [-0.3, -0.25) is 4.79 Å². The van der Waals surface area contributed by atoms with Crippen LogP contribution in [-0.2, 0) is 0 Å². The van der Waals surface area contributed by atoms with Crippen molar-refractivity contribution in [3.8, 4) is 5.75 Å². The van der Waals surface area contributed by atoms with Crippen LogP contribution in [0.25, 0.3) is 0 Å². The first kappa shape index (κ1) is 18.1. The van der Waals surface area contributed by atoms with Crippen molar-refractivity contribution in [1.82, 2.24) is 15.3 Å². The number of nitrogens with two attached hydrogens (primary N) is 1. The molecule has 1 aliphatic rings. The lowest BCUT2D eigenvalue weighted by Crippen LogP contribution is -2.45. The minimum atomic E-state index is -0.582. The molecule has 0 bridgehead atoms. The zero-order valence-corrected chi connectivity index (χ0v) is 14.4. The van der Waals surface area contributed by atoms with Gasteiger partial charge < -0.3 is 20.7 Å². The average molecular weight is 359 g/mol. The first-order valence-corrected chi connectivity index (χ1v) is 8.62. The summed E-state index contributed by atoms with van der Waals surface area (Å²) in [4.78, 5) is 22.1. The monoisotopic (exact) mass is 359 g/mol. The van der Waals surface area contributed by atoms with Crippen LogP contribution in [0.2, 0.25) is 0 Å². The molecule has 0 atom stereocenters. The molecule has 7 nitrogen and oxygen atoms in total. The summed E-state index contributed by atoms with van der Waals surface area (Å²) < 4.78 is 18.7. The van der Waals surface area contributed by atoms with Crippen LogP contribution < -0.4 is 20.7 Å². The highest BCUT2D eigenvalue weighted by molar-refractivity contribution is 5.90. The van der Waals surface area contributed by atoms with Crippen molar-refractivity contribution in [3.05, 3.63) is 48.0 Å². The second kappa shape index (κ2) is 8.57. The highest BCUT2D eigenvalue weighted by Gasteiger charge is 2.23. The number of amides is 1. The molecule has 3 rings (SSSR count). The molecule has 0 unspecified atom stereocenters. The second-order valence-corrected chi connectivity index (χ2v) is 6.08. The fraction of sp³-hybridized carbons (Fsp3) is 0.389. The lowest BCUT2D eigenvalue weighted by atomic mass is 10.1. The van der Waals surface area contributed by atoms with Crippen molar-refractivity contribution in [2.45, 2.75) is 18.9 Å². The van der Waals surface area contributed by atoms with Crippen molar-refractivity contribution in [2.75, 3.05) is 31.1 Å². The quantitative estimate of drug-likeness (QED) is 0.775. The van der Waals surface area contributed by atoms with Gasteiger partial charge in [0.25, 0.3) is 5.91 Å². The van der Waals surface area contributed by atoms with Crippen LogP contribution in [0.4, 0.5) is 10.3 Å². The molecule has 1 fully saturated rings. The predicted molar refractivity (Wildman–Crippen MR) is 95.7 cm³/mol. The van der Waals surface area contributed by atoms with E-state index in [1.165, 1.54) is 24.4 Å². The predicted octanol–water partition coefficient (Wildman–Crippen LogP) is 1.35. The zero-order valence-electron chi connectivity index (χ0n) is 14.4. The number of benzene rings is 1. The number of aromatic nitrogens is 2. The number of piperidine rings is 1. The number of nitrogens with one attached hydrogen (secondary N) is 1. The van der Waals surface area contributed by atoms with Gasteiger partial charge in [-0.15, -0.1) is 0 Å². The third-order valence-electron chi connectivity index (χ3n) is 4.32. The number of hydrogen-bond donors (Lipinski definition) is 2. The van der Waals surface area contributed by atoms with Gasteiger partial charge in [0, 0.05) is 12.2 Å². The van der Waals surface area contributed by atoms with E-state index in [0.717, 1.165) is 25.9 Å². The van der Waals surface area contributed by atoms with E-state index in [4.69, 9.17) is 10.5 Å². The lowest BCUT2D eigenvalue weighted by Gasteiger charge is -2.34. The Morgan fingerprint density at radius 2 is 2.00 bits per heavy atom. The summed E-state index contributed by atoms with van der Waals surface area (Å²) in [5.41, 5.74) is 5.52. The molecule has 1 saturated heterocycles. The summed E-state index contributed by atoms with van der Waals surface area (Å²) in [6.07, 6.45) is 3.43.